The van der Waals surface area contributed by atoms with E-state index in [4.69, 9.17) is 10.2 Å². The SMILES string of the molecule is O=C(O)c1ccc(Cn2cc([N+](=O)[O-])c(C#CCO)n2)cc1. The van der Waals surface area contributed by atoms with Gasteiger partial charge in [0.1, 0.15) is 12.8 Å². The summed E-state index contributed by atoms with van der Waals surface area (Å²) < 4.78 is 1.34. The summed E-state index contributed by atoms with van der Waals surface area (Å²) in [6.07, 6.45) is 1.24. The first-order valence-electron chi connectivity index (χ1n) is 6.15. The van der Waals surface area contributed by atoms with Crippen molar-refractivity contribution >= 4 is 11.7 Å². The zero-order valence-electron chi connectivity index (χ0n) is 11.3. The number of benzene rings is 1. The number of aromatic nitrogens is 2. The summed E-state index contributed by atoms with van der Waals surface area (Å²) in [5.41, 5.74) is 0.623. The Bertz CT molecular complexity index is 768. The molecule has 1 aromatic heterocycles. The van der Waals surface area contributed by atoms with Gasteiger partial charge in [-0.3, -0.25) is 14.8 Å². The van der Waals surface area contributed by atoms with Gasteiger partial charge in [0.25, 0.3) is 0 Å². The van der Waals surface area contributed by atoms with Crippen molar-refractivity contribution in [2.75, 3.05) is 6.61 Å². The molecule has 0 aliphatic heterocycles. The summed E-state index contributed by atoms with van der Waals surface area (Å²) in [6.45, 7) is -0.178. The fourth-order valence-corrected chi connectivity index (χ4v) is 1.78. The van der Waals surface area contributed by atoms with Crippen LogP contribution in [0.25, 0.3) is 0 Å². The Balaban J connectivity index is 2.26. The number of carboxylic acid groups (broad SMARTS) is 1. The van der Waals surface area contributed by atoms with Gasteiger partial charge in [-0.1, -0.05) is 18.1 Å². The normalized spacial score (nSPS) is 9.86. The van der Waals surface area contributed by atoms with Crippen molar-refractivity contribution in [3.63, 3.8) is 0 Å². The number of rotatable bonds is 4. The molecule has 0 aliphatic carbocycles. The highest BCUT2D eigenvalue weighted by molar-refractivity contribution is 5.87. The second-order valence-electron chi connectivity index (χ2n) is 4.28. The Morgan fingerprint density at radius 1 is 1.36 bits per heavy atom. The number of hydrogen-bond donors (Lipinski definition) is 2. The molecule has 8 heteroatoms. The van der Waals surface area contributed by atoms with Gasteiger partial charge in [-0.15, -0.1) is 0 Å². The second kappa shape index (κ2) is 6.51. The zero-order valence-corrected chi connectivity index (χ0v) is 11.3. The lowest BCUT2D eigenvalue weighted by Crippen LogP contribution is -2.02. The average Bonchev–Trinajstić information content (AvgIpc) is 2.88. The van der Waals surface area contributed by atoms with Gasteiger partial charge in [-0.2, -0.15) is 5.10 Å². The summed E-state index contributed by atoms with van der Waals surface area (Å²) >= 11 is 0. The van der Waals surface area contributed by atoms with Gasteiger partial charge in [0, 0.05) is 0 Å². The summed E-state index contributed by atoms with van der Waals surface area (Å²) in [7, 11) is 0. The molecule has 22 heavy (non-hydrogen) atoms. The molecule has 8 nitrogen and oxygen atoms in total. The molecule has 2 rings (SSSR count). The number of carbonyl (C=O) groups is 1. The highest BCUT2D eigenvalue weighted by Gasteiger charge is 2.17. The van der Waals surface area contributed by atoms with E-state index in [2.05, 4.69) is 16.9 Å². The van der Waals surface area contributed by atoms with Crippen LogP contribution in [0.4, 0.5) is 5.69 Å². The van der Waals surface area contributed by atoms with Gasteiger partial charge in [-0.05, 0) is 23.6 Å². The van der Waals surface area contributed by atoms with Crippen molar-refractivity contribution in [3.05, 3.63) is 57.4 Å². The molecular weight excluding hydrogens is 290 g/mol. The van der Waals surface area contributed by atoms with Crippen molar-refractivity contribution in [2.24, 2.45) is 0 Å². The maximum Gasteiger partial charge on any atom is 0.335 e. The van der Waals surface area contributed by atoms with E-state index in [1.165, 1.54) is 23.0 Å². The molecule has 0 spiro atoms. The molecule has 0 saturated heterocycles. The number of aromatic carboxylic acids is 1. The number of aliphatic hydroxyl groups excluding tert-OH is 1. The number of nitro groups is 1. The smallest absolute Gasteiger partial charge is 0.335 e. The minimum absolute atomic E-state index is 0.0267. The summed E-state index contributed by atoms with van der Waals surface area (Å²) in [6, 6.07) is 6.11. The first-order chi connectivity index (χ1) is 10.5. The molecule has 2 aromatic rings. The minimum Gasteiger partial charge on any atom is -0.478 e. The summed E-state index contributed by atoms with van der Waals surface area (Å²) in [5, 5.41) is 32.4. The Morgan fingerprint density at radius 3 is 2.59 bits per heavy atom. The van der Waals surface area contributed by atoms with Crippen LogP contribution in [0.5, 0.6) is 0 Å². The Morgan fingerprint density at radius 2 is 2.05 bits per heavy atom. The van der Waals surface area contributed by atoms with E-state index < -0.39 is 17.5 Å². The maximum absolute atomic E-state index is 10.9. The van der Waals surface area contributed by atoms with Crippen LogP contribution in [0.2, 0.25) is 0 Å². The van der Waals surface area contributed by atoms with E-state index in [1.807, 2.05) is 0 Å². The van der Waals surface area contributed by atoms with Crippen LogP contribution < -0.4 is 0 Å². The van der Waals surface area contributed by atoms with E-state index >= 15 is 0 Å². The van der Waals surface area contributed by atoms with Crippen molar-refractivity contribution in [1.82, 2.24) is 9.78 Å². The third-order valence-corrected chi connectivity index (χ3v) is 2.77. The molecule has 1 heterocycles. The fraction of sp³-hybridized carbons (Fsp3) is 0.143. The quantitative estimate of drug-likeness (QED) is 0.491. The number of aliphatic hydroxyl groups is 1. The highest BCUT2D eigenvalue weighted by Crippen LogP contribution is 2.16. The molecule has 0 unspecified atom stereocenters. The van der Waals surface area contributed by atoms with Crippen molar-refractivity contribution < 1.29 is 19.9 Å². The summed E-state index contributed by atoms with van der Waals surface area (Å²) in [4.78, 5) is 21.1. The lowest BCUT2D eigenvalue weighted by atomic mass is 10.1. The largest absolute Gasteiger partial charge is 0.478 e. The first kappa shape index (κ1) is 15.2. The molecular formula is C14H11N3O5. The van der Waals surface area contributed by atoms with E-state index in [9.17, 15) is 14.9 Å². The van der Waals surface area contributed by atoms with Gasteiger partial charge in [0.2, 0.25) is 5.69 Å². The lowest BCUT2D eigenvalue weighted by molar-refractivity contribution is -0.385. The average molecular weight is 301 g/mol. The number of hydrogen-bond acceptors (Lipinski definition) is 5. The summed E-state index contributed by atoms with van der Waals surface area (Å²) in [5.74, 6) is 3.71. The van der Waals surface area contributed by atoms with Crippen LogP contribution in [0.15, 0.2) is 30.5 Å². The van der Waals surface area contributed by atoms with Crippen LogP contribution in [-0.2, 0) is 6.54 Å². The predicted octanol–water partition coefficient (Wildman–Crippen LogP) is 0.882. The van der Waals surface area contributed by atoms with Crippen LogP contribution in [0.1, 0.15) is 21.6 Å². The van der Waals surface area contributed by atoms with Gasteiger partial charge in [-0.25, -0.2) is 4.79 Å². The van der Waals surface area contributed by atoms with E-state index in [1.54, 1.807) is 12.1 Å². The van der Waals surface area contributed by atoms with Crippen molar-refractivity contribution in [2.45, 2.75) is 6.54 Å². The molecule has 2 N–H and O–H groups in total. The molecule has 0 bridgehead atoms. The van der Waals surface area contributed by atoms with Gasteiger partial charge < -0.3 is 10.2 Å². The standard InChI is InChI=1S/C14H11N3O5/c18-7-1-2-12-13(17(21)22)9-16(15-12)8-10-3-5-11(6-4-10)14(19)20/h3-6,9,18H,7-8H2,(H,19,20). The van der Waals surface area contributed by atoms with Crippen LogP contribution in [0.3, 0.4) is 0 Å². The van der Waals surface area contributed by atoms with E-state index in [-0.39, 0.29) is 23.5 Å². The maximum atomic E-state index is 10.9. The molecule has 0 aliphatic rings. The topological polar surface area (TPSA) is 118 Å². The van der Waals surface area contributed by atoms with Gasteiger partial charge in [0.15, 0.2) is 0 Å². The van der Waals surface area contributed by atoms with Crippen molar-refractivity contribution in [1.29, 1.82) is 0 Å². The van der Waals surface area contributed by atoms with E-state index in [0.717, 1.165) is 5.56 Å². The third-order valence-electron chi connectivity index (χ3n) is 2.77. The van der Waals surface area contributed by atoms with Crippen molar-refractivity contribution in [3.8, 4) is 11.8 Å². The molecule has 0 atom stereocenters. The van der Waals surface area contributed by atoms with Crippen LogP contribution in [0, 0.1) is 22.0 Å². The third kappa shape index (κ3) is 3.47. The Kier molecular flexibility index (Phi) is 4.50. The number of nitrogens with zero attached hydrogens (tertiary/aromatic N) is 3. The molecule has 1 aromatic carbocycles. The van der Waals surface area contributed by atoms with Crippen LogP contribution >= 0.6 is 0 Å². The first-order valence-corrected chi connectivity index (χ1v) is 6.15. The molecule has 0 radical (unpaired) electrons. The number of carboxylic acids is 1. The highest BCUT2D eigenvalue weighted by atomic mass is 16.6. The lowest BCUT2D eigenvalue weighted by Gasteiger charge is -2.01. The predicted molar refractivity (Wildman–Crippen MR) is 75.3 cm³/mol. The molecule has 0 fully saturated rings. The Labute approximate surface area is 124 Å². The van der Waals surface area contributed by atoms with Gasteiger partial charge >= 0.3 is 11.7 Å². The minimum atomic E-state index is -1.03. The fourth-order valence-electron chi connectivity index (χ4n) is 1.78. The second-order valence-corrected chi connectivity index (χ2v) is 4.28. The van der Waals surface area contributed by atoms with E-state index in [0.29, 0.717) is 0 Å². The molecule has 112 valence electrons. The molecule has 0 amide bonds. The monoisotopic (exact) mass is 301 g/mol. The molecule has 0 saturated carbocycles. The zero-order chi connectivity index (χ0) is 16.1. The van der Waals surface area contributed by atoms with Crippen LogP contribution in [-0.4, -0.2) is 37.5 Å². The van der Waals surface area contributed by atoms with Gasteiger partial charge in [0.05, 0.1) is 17.0 Å². The Hall–Kier alpha value is -3.18.